The van der Waals surface area contributed by atoms with Gasteiger partial charge in [-0.05, 0) is 83.5 Å². The van der Waals surface area contributed by atoms with E-state index in [0.717, 1.165) is 89.9 Å². The van der Waals surface area contributed by atoms with Crippen LogP contribution in [0.4, 0.5) is 0 Å². The zero-order valence-corrected chi connectivity index (χ0v) is 57.0. The zero-order valence-electron chi connectivity index (χ0n) is 57.0. The lowest BCUT2D eigenvalue weighted by Gasteiger charge is -2.40. The minimum Gasteiger partial charge on any atom is -0.394 e. The van der Waals surface area contributed by atoms with Crippen LogP contribution in [0.3, 0.4) is 0 Å². The molecule has 0 aliphatic carbocycles. The van der Waals surface area contributed by atoms with Crippen molar-refractivity contribution in [3.8, 4) is 0 Å². The molecule has 0 aromatic carbocycles. The third-order valence-corrected chi connectivity index (χ3v) is 17.1. The Morgan fingerprint density at radius 1 is 0.398 bits per heavy atom. The van der Waals surface area contributed by atoms with Crippen LogP contribution in [-0.2, 0) is 14.3 Å². The molecule has 1 rings (SSSR count). The van der Waals surface area contributed by atoms with Gasteiger partial charge in [-0.2, -0.15) is 0 Å². The Balaban J connectivity index is 2.10. The Labute approximate surface area is 542 Å². The summed E-state index contributed by atoms with van der Waals surface area (Å²) in [5.74, 6) is -0.175. The minimum atomic E-state index is -1.57. The van der Waals surface area contributed by atoms with Gasteiger partial charge in [0.05, 0.1) is 25.4 Å². The third-order valence-electron chi connectivity index (χ3n) is 17.1. The number of aliphatic hydroxyl groups is 5. The predicted octanol–water partition coefficient (Wildman–Crippen LogP) is 20.8. The first-order valence-corrected chi connectivity index (χ1v) is 37.1. The van der Waals surface area contributed by atoms with E-state index in [1.54, 1.807) is 6.08 Å². The molecule has 0 radical (unpaired) electrons. The SMILES string of the molecule is CC/C=C\C/C=C\C/C=C\C/C=C\C/C=C\C/C=C\C/C=C\C/C=C\CCCCCCCCCCCCCCCCCCC(=O)NC(COC1OC(CO)C(O)C(O)C1O)C(O)/C=C/CCCCCCCCCCCCCCCCCCCCCCCC. The fourth-order valence-electron chi connectivity index (χ4n) is 11.4. The molecular weight excluding hydrogens is 1090 g/mol. The Hall–Kier alpha value is -3.15. The smallest absolute Gasteiger partial charge is 0.220 e. The van der Waals surface area contributed by atoms with Crippen molar-refractivity contribution in [2.45, 2.75) is 371 Å². The van der Waals surface area contributed by atoms with E-state index in [1.165, 1.54) is 218 Å². The van der Waals surface area contributed by atoms with Crippen molar-refractivity contribution >= 4 is 5.91 Å². The molecule has 7 unspecified atom stereocenters. The summed E-state index contributed by atoms with van der Waals surface area (Å²) in [6, 6.07) is -0.811. The topological polar surface area (TPSA) is 149 Å². The molecule has 0 aromatic heterocycles. The van der Waals surface area contributed by atoms with E-state index < -0.39 is 49.5 Å². The molecule has 0 spiro atoms. The van der Waals surface area contributed by atoms with Gasteiger partial charge in [0, 0.05) is 6.42 Å². The van der Waals surface area contributed by atoms with E-state index in [9.17, 15) is 30.3 Å². The number of hydrogen-bond acceptors (Lipinski definition) is 8. The number of allylic oxidation sites excluding steroid dienone is 17. The van der Waals surface area contributed by atoms with Crippen LogP contribution in [0.2, 0.25) is 0 Å². The summed E-state index contributed by atoms with van der Waals surface area (Å²) < 4.78 is 11.3. The highest BCUT2D eigenvalue weighted by atomic mass is 16.7. The number of nitrogens with one attached hydrogen (secondary N) is 1. The number of rotatable bonds is 64. The highest BCUT2D eigenvalue weighted by Gasteiger charge is 2.44. The quantitative estimate of drug-likeness (QED) is 0.0261. The highest BCUT2D eigenvalue weighted by Crippen LogP contribution is 2.23. The van der Waals surface area contributed by atoms with Crippen molar-refractivity contribution in [3.63, 3.8) is 0 Å². The van der Waals surface area contributed by atoms with Crippen molar-refractivity contribution in [3.05, 3.63) is 109 Å². The Kier molecular flexibility index (Phi) is 62.9. The maximum atomic E-state index is 13.1. The second-order valence-corrected chi connectivity index (χ2v) is 25.4. The molecule has 1 aliphatic rings. The average molecular weight is 1230 g/mol. The van der Waals surface area contributed by atoms with Gasteiger partial charge in [0.1, 0.15) is 24.4 Å². The van der Waals surface area contributed by atoms with Gasteiger partial charge >= 0.3 is 0 Å². The molecule has 1 amide bonds. The normalized spacial score (nSPS) is 18.6. The second-order valence-electron chi connectivity index (χ2n) is 25.4. The van der Waals surface area contributed by atoms with Gasteiger partial charge in [-0.25, -0.2) is 0 Å². The first kappa shape index (κ1) is 82.9. The van der Waals surface area contributed by atoms with Crippen LogP contribution in [0.1, 0.15) is 328 Å². The van der Waals surface area contributed by atoms with E-state index >= 15 is 0 Å². The molecule has 508 valence electrons. The number of carbonyl (C=O) groups excluding carboxylic acids is 1. The molecule has 1 aliphatic heterocycles. The minimum absolute atomic E-state index is 0.175. The van der Waals surface area contributed by atoms with Crippen LogP contribution < -0.4 is 5.32 Å². The van der Waals surface area contributed by atoms with Gasteiger partial charge in [-0.1, -0.05) is 348 Å². The molecular formula is C79H139NO8. The van der Waals surface area contributed by atoms with Gasteiger partial charge in [-0.3, -0.25) is 4.79 Å². The summed E-state index contributed by atoms with van der Waals surface area (Å²) in [6.07, 6.45) is 92.0. The van der Waals surface area contributed by atoms with Crippen LogP contribution in [0.15, 0.2) is 109 Å². The lowest BCUT2D eigenvalue weighted by atomic mass is 9.99. The fourth-order valence-corrected chi connectivity index (χ4v) is 11.4. The van der Waals surface area contributed by atoms with Crippen LogP contribution in [-0.4, -0.2) is 87.5 Å². The van der Waals surface area contributed by atoms with E-state index in [-0.39, 0.29) is 12.5 Å². The summed E-state index contributed by atoms with van der Waals surface area (Å²) in [6.45, 7) is 3.70. The van der Waals surface area contributed by atoms with E-state index in [1.807, 2.05) is 6.08 Å². The summed E-state index contributed by atoms with van der Waals surface area (Å²) in [5, 5.41) is 54.8. The highest BCUT2D eigenvalue weighted by molar-refractivity contribution is 5.76. The average Bonchev–Trinajstić information content (AvgIpc) is 3.31. The summed E-state index contributed by atoms with van der Waals surface area (Å²) in [4.78, 5) is 13.1. The van der Waals surface area contributed by atoms with Gasteiger partial charge in [-0.15, -0.1) is 0 Å². The number of ether oxygens (including phenoxy) is 2. The van der Waals surface area contributed by atoms with Gasteiger partial charge < -0.3 is 40.3 Å². The van der Waals surface area contributed by atoms with Crippen LogP contribution in [0.25, 0.3) is 0 Å². The van der Waals surface area contributed by atoms with Crippen LogP contribution in [0.5, 0.6) is 0 Å². The molecule has 0 bridgehead atoms. The largest absolute Gasteiger partial charge is 0.394 e. The maximum absolute atomic E-state index is 13.1. The third kappa shape index (κ3) is 54.6. The molecule has 0 saturated carbocycles. The van der Waals surface area contributed by atoms with Crippen molar-refractivity contribution < 1.29 is 39.8 Å². The molecule has 1 heterocycles. The van der Waals surface area contributed by atoms with Crippen LogP contribution in [0, 0.1) is 0 Å². The number of hydrogen-bond donors (Lipinski definition) is 6. The van der Waals surface area contributed by atoms with Crippen LogP contribution >= 0.6 is 0 Å². The first-order valence-electron chi connectivity index (χ1n) is 37.1. The van der Waals surface area contributed by atoms with Crippen molar-refractivity contribution in [2.24, 2.45) is 0 Å². The molecule has 9 heteroatoms. The first-order chi connectivity index (χ1) is 43.3. The zero-order chi connectivity index (χ0) is 63.5. The van der Waals surface area contributed by atoms with Crippen molar-refractivity contribution in [1.82, 2.24) is 5.32 Å². The summed E-state index contributed by atoms with van der Waals surface area (Å²) in [7, 11) is 0. The molecule has 1 fully saturated rings. The predicted molar refractivity (Wildman–Crippen MR) is 377 cm³/mol. The van der Waals surface area contributed by atoms with E-state index in [2.05, 4.69) is 116 Å². The fraction of sp³-hybridized carbons (Fsp3) is 0.759. The summed E-state index contributed by atoms with van der Waals surface area (Å²) in [5.41, 5.74) is 0. The molecule has 7 atom stereocenters. The lowest BCUT2D eigenvalue weighted by Crippen LogP contribution is -2.60. The second kappa shape index (κ2) is 66.8. The van der Waals surface area contributed by atoms with Crippen molar-refractivity contribution in [2.75, 3.05) is 13.2 Å². The van der Waals surface area contributed by atoms with Gasteiger partial charge in [0.25, 0.3) is 0 Å². The Morgan fingerprint density at radius 2 is 0.705 bits per heavy atom. The van der Waals surface area contributed by atoms with Gasteiger partial charge in [0.15, 0.2) is 6.29 Å². The van der Waals surface area contributed by atoms with E-state index in [0.29, 0.717) is 6.42 Å². The lowest BCUT2D eigenvalue weighted by molar-refractivity contribution is -0.302. The Bertz CT molecular complexity index is 1760. The maximum Gasteiger partial charge on any atom is 0.220 e. The molecule has 88 heavy (non-hydrogen) atoms. The standard InChI is InChI=1S/C79H139NO8/c1-3-5-7-9-11-13-15-17-19-21-23-25-27-29-30-31-32-33-34-35-36-37-38-39-40-41-42-43-44-45-47-49-51-53-55-57-59-61-63-65-67-69-75(83)80-72(71-87-79-78(86)77(85)76(84)74(70-81)88-79)73(82)68-66-64-62-60-58-56-54-52-50-48-46-28-26-24-22-20-18-16-14-12-10-8-6-4-2/h5,7,11,13,17,19,23,25,29-30,32-33,35-36,38-39,66,68,72-74,76-79,81-82,84-86H,3-4,6,8-10,12,14-16,18,20-22,24,26-28,31,34,37,40-65,67,69-71H2,1-2H3,(H,80,83)/b7-5-,13-11-,19-17-,25-23-,30-29-,33-32-,36-35-,39-38-,68-66+. The van der Waals surface area contributed by atoms with Crippen molar-refractivity contribution in [1.29, 1.82) is 0 Å². The molecule has 9 nitrogen and oxygen atoms in total. The monoisotopic (exact) mass is 1230 g/mol. The number of aliphatic hydroxyl groups excluding tert-OH is 5. The molecule has 0 aromatic rings. The molecule has 1 saturated heterocycles. The number of unbranched alkanes of at least 4 members (excludes halogenated alkanes) is 38. The van der Waals surface area contributed by atoms with E-state index in [4.69, 9.17) is 9.47 Å². The summed E-state index contributed by atoms with van der Waals surface area (Å²) >= 11 is 0. The Morgan fingerprint density at radius 3 is 1.05 bits per heavy atom. The molecule has 6 N–H and O–H groups in total. The van der Waals surface area contributed by atoms with Gasteiger partial charge in [0.2, 0.25) is 5.91 Å². The number of carbonyl (C=O) groups is 1. The number of amides is 1.